The number of nitrogens with one attached hydrogen (secondary N) is 1. The van der Waals surface area contributed by atoms with E-state index >= 15 is 0 Å². The first kappa shape index (κ1) is 20.6. The molecule has 0 radical (unpaired) electrons. The number of rotatable bonds is 5. The second-order valence-electron chi connectivity index (χ2n) is 4.97. The largest absolute Gasteiger partial charge is 0.364 e. The molecule has 9 nitrogen and oxygen atoms in total. The van der Waals surface area contributed by atoms with E-state index in [1.54, 1.807) is 0 Å². The molecule has 0 amide bonds. The molecule has 1 aromatic carbocycles. The lowest BCUT2D eigenvalue weighted by Crippen LogP contribution is -2.33. The lowest BCUT2D eigenvalue weighted by Gasteiger charge is -2.10. The normalized spacial score (nSPS) is 12.6. The topological polar surface area (TPSA) is 120 Å². The van der Waals surface area contributed by atoms with Crippen LogP contribution < -0.4 is 10.4 Å². The fraction of sp³-hybridized carbons (Fsp3) is 0.273. The number of aromatic nitrogens is 3. The SMILES string of the molecule is Cc1nn(-c2cc(NS(C)(=O)=O)c(Cl)cc2Cl)c(=O)n1S(=O)(=O)C(F)F. The van der Waals surface area contributed by atoms with Crippen molar-refractivity contribution in [2.75, 3.05) is 11.0 Å². The van der Waals surface area contributed by atoms with E-state index in [0.29, 0.717) is 4.68 Å². The fourth-order valence-corrected chi connectivity index (χ4v) is 3.95. The number of anilines is 1. The third kappa shape index (κ3) is 3.84. The summed E-state index contributed by atoms with van der Waals surface area (Å²) in [4.78, 5) is 12.3. The van der Waals surface area contributed by atoms with Crippen LogP contribution in [0.2, 0.25) is 10.0 Å². The first-order valence-electron chi connectivity index (χ1n) is 6.44. The Balaban J connectivity index is 2.75. The highest BCUT2D eigenvalue weighted by atomic mass is 35.5. The van der Waals surface area contributed by atoms with Crippen LogP contribution in [0.25, 0.3) is 5.69 Å². The van der Waals surface area contributed by atoms with E-state index in [1.807, 2.05) is 0 Å². The summed E-state index contributed by atoms with van der Waals surface area (Å²) in [6, 6.07) is 2.09. The molecule has 0 bridgehead atoms. The molecule has 144 valence electrons. The van der Waals surface area contributed by atoms with Crippen molar-refractivity contribution in [3.8, 4) is 5.69 Å². The fourth-order valence-electron chi connectivity index (χ4n) is 1.96. The van der Waals surface area contributed by atoms with Crippen LogP contribution >= 0.6 is 23.2 Å². The molecule has 0 spiro atoms. The van der Waals surface area contributed by atoms with Gasteiger partial charge in [-0.25, -0.2) is 13.2 Å². The Kier molecular flexibility index (Phi) is 5.38. The van der Waals surface area contributed by atoms with Gasteiger partial charge >= 0.3 is 21.5 Å². The van der Waals surface area contributed by atoms with Crippen LogP contribution in [0.4, 0.5) is 14.5 Å². The van der Waals surface area contributed by atoms with Gasteiger partial charge in [0.05, 0.1) is 27.7 Å². The molecule has 2 rings (SSSR count). The number of alkyl halides is 2. The summed E-state index contributed by atoms with van der Waals surface area (Å²) in [7, 11) is -9.02. The Labute approximate surface area is 156 Å². The average Bonchev–Trinajstić information content (AvgIpc) is 2.75. The number of benzene rings is 1. The highest BCUT2D eigenvalue weighted by Gasteiger charge is 2.32. The quantitative estimate of drug-likeness (QED) is 0.735. The molecule has 1 N–H and O–H groups in total. The van der Waals surface area contributed by atoms with Crippen LogP contribution in [-0.4, -0.2) is 42.6 Å². The van der Waals surface area contributed by atoms with Crippen molar-refractivity contribution in [3.05, 3.63) is 38.5 Å². The standard InChI is InChI=1S/C11H10Cl2F2N4O5S2/c1-5-16-18(11(20)19(5)26(23,24)10(14)15)9-4-8(17-25(2,21)22)6(12)3-7(9)13/h3-4,10,17H,1-2H3. The Hall–Kier alpha value is -1.70. The van der Waals surface area contributed by atoms with Gasteiger partial charge in [-0.2, -0.15) is 25.9 Å². The van der Waals surface area contributed by atoms with Gasteiger partial charge in [-0.05, 0) is 19.1 Å². The van der Waals surface area contributed by atoms with Crippen molar-refractivity contribution in [1.82, 2.24) is 13.8 Å². The molecule has 0 saturated heterocycles. The smallest absolute Gasteiger partial charge is 0.282 e. The van der Waals surface area contributed by atoms with Crippen molar-refractivity contribution in [1.29, 1.82) is 0 Å². The summed E-state index contributed by atoms with van der Waals surface area (Å²) in [5, 5.41) is 3.29. The van der Waals surface area contributed by atoms with E-state index in [9.17, 15) is 30.4 Å². The Bertz CT molecular complexity index is 1140. The second kappa shape index (κ2) is 6.79. The second-order valence-corrected chi connectivity index (χ2v) is 9.28. The van der Waals surface area contributed by atoms with E-state index in [-0.39, 0.29) is 25.4 Å². The van der Waals surface area contributed by atoms with E-state index < -0.39 is 37.3 Å². The van der Waals surface area contributed by atoms with Crippen LogP contribution in [-0.2, 0) is 20.0 Å². The number of halogens is 4. The number of aryl methyl sites for hydroxylation is 1. The van der Waals surface area contributed by atoms with Gasteiger partial charge in [-0.3, -0.25) is 4.72 Å². The number of sulfonamides is 1. The van der Waals surface area contributed by atoms with Gasteiger partial charge in [0.25, 0.3) is 0 Å². The van der Waals surface area contributed by atoms with Crippen LogP contribution in [0.5, 0.6) is 0 Å². The molecule has 0 atom stereocenters. The molecule has 1 aromatic heterocycles. The molecule has 0 saturated carbocycles. The minimum Gasteiger partial charge on any atom is -0.282 e. The number of nitrogens with zero attached hydrogens (tertiary/aromatic N) is 3. The molecule has 0 aliphatic rings. The highest BCUT2D eigenvalue weighted by Crippen LogP contribution is 2.31. The van der Waals surface area contributed by atoms with Crippen molar-refractivity contribution in [2.24, 2.45) is 0 Å². The molecular weight excluding hydrogens is 441 g/mol. The molecular formula is C11H10Cl2F2N4O5S2. The maximum Gasteiger partial charge on any atom is 0.364 e. The molecule has 0 aliphatic heterocycles. The first-order valence-corrected chi connectivity index (χ1v) is 10.6. The number of hydrogen-bond acceptors (Lipinski definition) is 6. The molecule has 0 unspecified atom stereocenters. The van der Waals surface area contributed by atoms with Crippen LogP contribution in [0.3, 0.4) is 0 Å². The van der Waals surface area contributed by atoms with Gasteiger partial charge in [-0.1, -0.05) is 23.2 Å². The third-order valence-electron chi connectivity index (χ3n) is 2.93. The summed E-state index contributed by atoms with van der Waals surface area (Å²) < 4.78 is 73.8. The van der Waals surface area contributed by atoms with E-state index in [1.165, 1.54) is 0 Å². The molecule has 0 fully saturated rings. The maximum absolute atomic E-state index is 12.7. The van der Waals surface area contributed by atoms with Crippen molar-refractivity contribution in [3.63, 3.8) is 0 Å². The monoisotopic (exact) mass is 450 g/mol. The van der Waals surface area contributed by atoms with Gasteiger partial charge in [0, 0.05) is 0 Å². The van der Waals surface area contributed by atoms with Crippen molar-refractivity contribution in [2.45, 2.75) is 12.7 Å². The summed E-state index contributed by atoms with van der Waals surface area (Å²) in [6.45, 7) is 1.03. The van der Waals surface area contributed by atoms with E-state index in [4.69, 9.17) is 23.2 Å². The predicted molar refractivity (Wildman–Crippen MR) is 91.4 cm³/mol. The van der Waals surface area contributed by atoms with Crippen molar-refractivity contribution < 1.29 is 25.6 Å². The van der Waals surface area contributed by atoms with Gasteiger partial charge in [0.1, 0.15) is 5.82 Å². The number of hydrogen-bond donors (Lipinski definition) is 1. The molecule has 0 aliphatic carbocycles. The van der Waals surface area contributed by atoms with Gasteiger partial charge in [0.15, 0.2) is 0 Å². The maximum atomic E-state index is 12.7. The molecule has 1 heterocycles. The lowest BCUT2D eigenvalue weighted by molar-refractivity contribution is 0.232. The zero-order chi connectivity index (χ0) is 20.0. The van der Waals surface area contributed by atoms with Crippen molar-refractivity contribution >= 4 is 48.9 Å². The summed E-state index contributed by atoms with van der Waals surface area (Å²) in [5.74, 6) is -4.39. The highest BCUT2D eigenvalue weighted by molar-refractivity contribution is 7.92. The van der Waals surface area contributed by atoms with Crippen LogP contribution in [0, 0.1) is 6.92 Å². The van der Waals surface area contributed by atoms with Crippen LogP contribution in [0.15, 0.2) is 16.9 Å². The minimum atomic E-state index is -5.28. The summed E-state index contributed by atoms with van der Waals surface area (Å²) >= 11 is 11.8. The minimum absolute atomic E-state index is 0.117. The average molecular weight is 451 g/mol. The van der Waals surface area contributed by atoms with Crippen LogP contribution in [0.1, 0.15) is 5.82 Å². The third-order valence-corrected chi connectivity index (χ3v) is 5.52. The van der Waals surface area contributed by atoms with E-state index in [0.717, 1.165) is 25.3 Å². The van der Waals surface area contributed by atoms with Gasteiger partial charge in [0.2, 0.25) is 10.0 Å². The zero-order valence-electron chi connectivity index (χ0n) is 12.9. The first-order chi connectivity index (χ1) is 11.8. The Morgan fingerprint density at radius 3 is 2.23 bits per heavy atom. The zero-order valence-corrected chi connectivity index (χ0v) is 16.1. The summed E-state index contributed by atoms with van der Waals surface area (Å²) in [6.07, 6.45) is 0.845. The predicted octanol–water partition coefficient (Wildman–Crippen LogP) is 1.42. The lowest BCUT2D eigenvalue weighted by atomic mass is 10.3. The van der Waals surface area contributed by atoms with E-state index in [2.05, 4.69) is 9.82 Å². The Morgan fingerprint density at radius 1 is 1.15 bits per heavy atom. The molecule has 2 aromatic rings. The molecule has 26 heavy (non-hydrogen) atoms. The van der Waals surface area contributed by atoms with Gasteiger partial charge < -0.3 is 0 Å². The molecule has 15 heteroatoms. The Morgan fingerprint density at radius 2 is 1.73 bits per heavy atom. The van der Waals surface area contributed by atoms with Gasteiger partial charge in [-0.15, -0.1) is 5.10 Å². The summed E-state index contributed by atoms with van der Waals surface area (Å²) in [5.41, 5.74) is -1.87.